The highest BCUT2D eigenvalue weighted by Gasteiger charge is 2.05. The first-order valence-electron chi connectivity index (χ1n) is 9.33. The van der Waals surface area contributed by atoms with Crippen molar-refractivity contribution >= 4 is 17.7 Å². The van der Waals surface area contributed by atoms with Crippen molar-refractivity contribution in [3.05, 3.63) is 12.3 Å². The van der Waals surface area contributed by atoms with Crippen molar-refractivity contribution in [1.82, 2.24) is 9.78 Å². The van der Waals surface area contributed by atoms with E-state index in [1.54, 1.807) is 12.3 Å². The van der Waals surface area contributed by atoms with Crippen LogP contribution in [0.2, 0.25) is 0 Å². The van der Waals surface area contributed by atoms with Gasteiger partial charge in [-0.2, -0.15) is 0 Å². The molecule has 0 saturated carbocycles. The van der Waals surface area contributed by atoms with Crippen LogP contribution in [-0.2, 0) is 4.79 Å². The maximum Gasteiger partial charge on any atom is 0.225 e. The van der Waals surface area contributed by atoms with E-state index in [1.807, 2.05) is 0 Å². The smallest absolute Gasteiger partial charge is 0.225 e. The van der Waals surface area contributed by atoms with Crippen LogP contribution in [0.15, 0.2) is 12.3 Å². The Bertz CT molecular complexity index is 484. The molecule has 0 fully saturated rings. The number of carbonyl (C=O) groups excluding carboxylic acids is 1. The van der Waals surface area contributed by atoms with Crippen molar-refractivity contribution in [2.24, 2.45) is 5.73 Å². The van der Waals surface area contributed by atoms with Gasteiger partial charge in [-0.3, -0.25) is 10.2 Å². The molecule has 4 N–H and O–H groups in total. The molecule has 0 atom stereocenters. The predicted molar refractivity (Wildman–Crippen MR) is 99.2 cm³/mol. The minimum atomic E-state index is -0.166. The Labute approximate surface area is 145 Å². The lowest BCUT2D eigenvalue weighted by Crippen LogP contribution is -2.21. The molecule has 24 heavy (non-hydrogen) atoms. The van der Waals surface area contributed by atoms with E-state index >= 15 is 0 Å². The number of nitrogens with one attached hydrogen (secondary N) is 2. The Morgan fingerprint density at radius 3 is 2.12 bits per heavy atom. The van der Waals surface area contributed by atoms with Crippen LogP contribution in [-0.4, -0.2) is 21.6 Å². The molecular formula is C18H33N5O. The molecule has 0 aromatic carbocycles. The third-order valence-electron chi connectivity index (χ3n) is 4.11. The maximum absolute atomic E-state index is 11.8. The van der Waals surface area contributed by atoms with Gasteiger partial charge in [0.2, 0.25) is 11.9 Å². The zero-order chi connectivity index (χ0) is 17.6. The van der Waals surface area contributed by atoms with Crippen molar-refractivity contribution in [1.29, 1.82) is 5.41 Å². The molecule has 0 spiro atoms. The molecule has 1 aromatic rings. The number of hydrogen-bond acceptors (Lipinski definition) is 3. The van der Waals surface area contributed by atoms with Gasteiger partial charge in [-0.05, 0) is 6.42 Å². The van der Waals surface area contributed by atoms with Crippen LogP contribution in [0.5, 0.6) is 0 Å². The quantitative estimate of drug-likeness (QED) is 0.285. The van der Waals surface area contributed by atoms with Gasteiger partial charge in [0, 0.05) is 18.7 Å². The molecule has 0 unspecified atom stereocenters. The standard InChI is InChI=1S/C18H33N5O/c1-2-3-4-5-6-7-8-9-10-11-12-13-17(24)21-16-14-15-23(22-16)18(19)20/h14-15H,2-13H2,1H3,(H3,19,20)(H,21,22,24). The Balaban J connectivity index is 1.95. The number of unbranched alkanes of at least 4 members (excludes halogenated alkanes) is 10. The molecule has 0 radical (unpaired) electrons. The summed E-state index contributed by atoms with van der Waals surface area (Å²) in [4.78, 5) is 11.8. The molecule has 0 saturated heterocycles. The summed E-state index contributed by atoms with van der Waals surface area (Å²) < 4.78 is 1.22. The second kappa shape index (κ2) is 12.6. The summed E-state index contributed by atoms with van der Waals surface area (Å²) in [6.45, 7) is 2.25. The Kier molecular flexibility index (Phi) is 10.6. The topological polar surface area (TPSA) is 96.8 Å². The van der Waals surface area contributed by atoms with Gasteiger partial charge in [0.25, 0.3) is 0 Å². The number of carbonyl (C=O) groups is 1. The van der Waals surface area contributed by atoms with E-state index in [4.69, 9.17) is 11.1 Å². The lowest BCUT2D eigenvalue weighted by Gasteiger charge is -2.03. The number of nitrogen functional groups attached to an aromatic ring is 1. The van der Waals surface area contributed by atoms with Crippen LogP contribution in [0.25, 0.3) is 0 Å². The average molecular weight is 335 g/mol. The van der Waals surface area contributed by atoms with Gasteiger partial charge in [0.05, 0.1) is 0 Å². The SMILES string of the molecule is CCCCCCCCCCCCCC(=O)Nc1ccn(C(=N)N)n1. The van der Waals surface area contributed by atoms with Crippen LogP contribution >= 0.6 is 0 Å². The predicted octanol–water partition coefficient (Wildman–Crippen LogP) is 4.26. The second-order valence-electron chi connectivity index (χ2n) is 6.36. The first-order chi connectivity index (χ1) is 11.6. The average Bonchev–Trinajstić information content (AvgIpc) is 3.01. The molecule has 0 aliphatic carbocycles. The summed E-state index contributed by atoms with van der Waals surface area (Å²) >= 11 is 0. The Morgan fingerprint density at radius 1 is 1.08 bits per heavy atom. The third-order valence-corrected chi connectivity index (χ3v) is 4.11. The monoisotopic (exact) mass is 335 g/mol. The van der Waals surface area contributed by atoms with Crippen molar-refractivity contribution in [3.8, 4) is 0 Å². The van der Waals surface area contributed by atoms with Crippen LogP contribution in [0.1, 0.15) is 84.0 Å². The summed E-state index contributed by atoms with van der Waals surface area (Å²) in [6.07, 6.45) is 16.1. The fourth-order valence-electron chi connectivity index (χ4n) is 2.68. The highest BCUT2D eigenvalue weighted by Crippen LogP contribution is 2.12. The second-order valence-corrected chi connectivity index (χ2v) is 6.36. The fraction of sp³-hybridized carbons (Fsp3) is 0.722. The van der Waals surface area contributed by atoms with Gasteiger partial charge in [0.1, 0.15) is 0 Å². The normalized spacial score (nSPS) is 10.7. The van der Waals surface area contributed by atoms with Crippen LogP contribution in [0, 0.1) is 5.41 Å². The first-order valence-corrected chi connectivity index (χ1v) is 9.33. The van der Waals surface area contributed by atoms with E-state index in [1.165, 1.54) is 62.5 Å². The number of rotatable bonds is 13. The van der Waals surface area contributed by atoms with Crippen LogP contribution < -0.4 is 11.1 Å². The molecule has 0 aliphatic heterocycles. The molecule has 1 rings (SSSR count). The fourth-order valence-corrected chi connectivity index (χ4v) is 2.68. The molecule has 1 heterocycles. The highest BCUT2D eigenvalue weighted by atomic mass is 16.1. The van der Waals surface area contributed by atoms with E-state index in [0.29, 0.717) is 12.2 Å². The summed E-state index contributed by atoms with van der Waals surface area (Å²) in [5, 5.41) is 14.0. The minimum Gasteiger partial charge on any atom is -0.368 e. The number of anilines is 1. The van der Waals surface area contributed by atoms with Gasteiger partial charge in [-0.15, -0.1) is 5.10 Å². The zero-order valence-electron chi connectivity index (χ0n) is 15.0. The van der Waals surface area contributed by atoms with Gasteiger partial charge in [-0.25, -0.2) is 4.68 Å². The molecule has 1 amide bonds. The zero-order valence-corrected chi connectivity index (χ0v) is 15.0. The number of nitrogens with zero attached hydrogens (tertiary/aromatic N) is 2. The van der Waals surface area contributed by atoms with E-state index < -0.39 is 0 Å². The summed E-state index contributed by atoms with van der Waals surface area (Å²) in [6, 6.07) is 1.64. The van der Waals surface area contributed by atoms with Crippen molar-refractivity contribution < 1.29 is 4.79 Å². The van der Waals surface area contributed by atoms with E-state index in [-0.39, 0.29) is 11.9 Å². The van der Waals surface area contributed by atoms with Gasteiger partial charge in [0.15, 0.2) is 5.82 Å². The van der Waals surface area contributed by atoms with Crippen molar-refractivity contribution in [3.63, 3.8) is 0 Å². The number of aromatic nitrogens is 2. The summed E-state index contributed by atoms with van der Waals surface area (Å²) in [5.74, 6) is 0.249. The lowest BCUT2D eigenvalue weighted by molar-refractivity contribution is -0.116. The minimum absolute atomic E-state index is 0.0280. The van der Waals surface area contributed by atoms with Crippen molar-refractivity contribution in [2.45, 2.75) is 84.0 Å². The molecule has 6 nitrogen and oxygen atoms in total. The van der Waals surface area contributed by atoms with Gasteiger partial charge < -0.3 is 11.1 Å². The molecule has 0 aliphatic rings. The van der Waals surface area contributed by atoms with Gasteiger partial charge in [-0.1, -0.05) is 71.1 Å². The Hall–Kier alpha value is -1.85. The summed E-state index contributed by atoms with van der Waals surface area (Å²) in [7, 11) is 0. The van der Waals surface area contributed by atoms with Crippen molar-refractivity contribution in [2.75, 3.05) is 5.32 Å². The molecular weight excluding hydrogens is 302 g/mol. The third kappa shape index (κ3) is 9.33. The van der Waals surface area contributed by atoms with E-state index in [0.717, 1.165) is 12.8 Å². The van der Waals surface area contributed by atoms with Crippen LogP contribution in [0.4, 0.5) is 5.82 Å². The first kappa shape index (κ1) is 20.2. The molecule has 6 heteroatoms. The maximum atomic E-state index is 11.8. The van der Waals surface area contributed by atoms with E-state index in [2.05, 4.69) is 17.3 Å². The van der Waals surface area contributed by atoms with E-state index in [9.17, 15) is 4.79 Å². The number of nitrogens with two attached hydrogens (primary N) is 1. The molecule has 1 aromatic heterocycles. The van der Waals surface area contributed by atoms with Crippen LogP contribution in [0.3, 0.4) is 0 Å². The lowest BCUT2D eigenvalue weighted by atomic mass is 10.1. The Morgan fingerprint density at radius 2 is 1.62 bits per heavy atom. The van der Waals surface area contributed by atoms with Gasteiger partial charge >= 0.3 is 0 Å². The molecule has 0 bridgehead atoms. The number of hydrogen-bond donors (Lipinski definition) is 3. The number of amides is 1. The molecule has 136 valence electrons. The largest absolute Gasteiger partial charge is 0.368 e. The highest BCUT2D eigenvalue weighted by molar-refractivity contribution is 5.90. The summed E-state index contributed by atoms with van der Waals surface area (Å²) in [5.41, 5.74) is 5.31.